The number of H-pyrrole nitrogens is 1. The Balaban J connectivity index is 1.09. The Kier molecular flexibility index (Phi) is 6.64. The Bertz CT molecular complexity index is 1410. The molecule has 10 heteroatoms. The molecule has 3 aliphatic rings. The fourth-order valence-corrected chi connectivity index (χ4v) is 5.44. The molecule has 202 valence electrons. The number of nitrogens with zero attached hydrogens (tertiary/aromatic N) is 5. The number of carbonyl (C=O) groups is 1. The van der Waals surface area contributed by atoms with Gasteiger partial charge in [0.25, 0.3) is 5.91 Å². The molecule has 3 N–H and O–H groups in total. The molecule has 1 unspecified atom stereocenters. The van der Waals surface area contributed by atoms with E-state index in [2.05, 4.69) is 14.9 Å². The molecule has 1 saturated carbocycles. The zero-order valence-electron chi connectivity index (χ0n) is 21.7. The second-order valence-corrected chi connectivity index (χ2v) is 10.5. The number of anilines is 1. The van der Waals surface area contributed by atoms with E-state index in [0.717, 1.165) is 42.2 Å². The molecular formula is C29H32FN7O2. The van der Waals surface area contributed by atoms with E-state index in [0.29, 0.717) is 50.7 Å². The first-order chi connectivity index (χ1) is 18.9. The molecule has 39 heavy (non-hydrogen) atoms. The lowest BCUT2D eigenvalue weighted by Gasteiger charge is -2.36. The van der Waals surface area contributed by atoms with Gasteiger partial charge in [-0.15, -0.1) is 0 Å². The van der Waals surface area contributed by atoms with E-state index >= 15 is 0 Å². The molecule has 2 aromatic heterocycles. The van der Waals surface area contributed by atoms with E-state index < -0.39 is 5.60 Å². The third-order valence-electron chi connectivity index (χ3n) is 7.81. The summed E-state index contributed by atoms with van der Waals surface area (Å²) in [5.74, 6) is 1.41. The van der Waals surface area contributed by atoms with Crippen LogP contribution < -0.4 is 4.90 Å². The van der Waals surface area contributed by atoms with Crippen molar-refractivity contribution in [3.05, 3.63) is 71.9 Å². The number of imidazole rings is 1. The SMILES string of the molecule is N=C(/C=C\c1ncc(-c2cccc(N3CCN(C(=O)C4(O)CC4)CC3)n2)[nH]1)N1CCCC1c1cccc(F)c1. The standard InChI is InChI=1S/C29H32FN7O2/c30-21-5-1-4-20(18-21)24-7-3-13-37(24)25(31)9-10-26-32-19-23(33-26)22-6-2-8-27(34-22)35-14-16-36(17-15-35)28(38)29(39)11-12-29/h1-2,4-6,8-10,18-19,24,31,39H,3,7,11-17H2,(H,32,33)/b10-9-,31-25?. The maximum absolute atomic E-state index is 13.7. The lowest BCUT2D eigenvalue weighted by molar-refractivity contribution is -0.142. The fraction of sp³-hybridized carbons (Fsp3) is 0.379. The summed E-state index contributed by atoms with van der Waals surface area (Å²) in [4.78, 5) is 30.9. The fourth-order valence-electron chi connectivity index (χ4n) is 5.44. The van der Waals surface area contributed by atoms with E-state index in [1.165, 1.54) is 6.07 Å². The summed E-state index contributed by atoms with van der Waals surface area (Å²) in [7, 11) is 0. The smallest absolute Gasteiger partial charge is 0.254 e. The quantitative estimate of drug-likeness (QED) is 0.332. The lowest BCUT2D eigenvalue weighted by Crippen LogP contribution is -2.52. The maximum atomic E-state index is 13.7. The molecule has 6 rings (SSSR count). The highest BCUT2D eigenvalue weighted by Gasteiger charge is 2.50. The third kappa shape index (κ3) is 5.29. The van der Waals surface area contributed by atoms with Crippen LogP contribution in [0.25, 0.3) is 17.5 Å². The molecule has 1 atom stereocenters. The molecule has 3 fully saturated rings. The zero-order valence-corrected chi connectivity index (χ0v) is 21.7. The van der Waals surface area contributed by atoms with Crippen LogP contribution in [0, 0.1) is 11.2 Å². The van der Waals surface area contributed by atoms with Crippen molar-refractivity contribution in [1.29, 1.82) is 5.41 Å². The number of aliphatic hydroxyl groups is 1. The Morgan fingerprint density at radius 3 is 2.69 bits per heavy atom. The number of aromatic nitrogens is 3. The average Bonchev–Trinajstić information content (AvgIpc) is 3.33. The number of rotatable bonds is 6. The van der Waals surface area contributed by atoms with Crippen LogP contribution in [-0.2, 0) is 4.79 Å². The number of hydrogen-bond acceptors (Lipinski definition) is 6. The molecule has 1 amide bonds. The van der Waals surface area contributed by atoms with E-state index in [4.69, 9.17) is 10.4 Å². The van der Waals surface area contributed by atoms with E-state index in [1.54, 1.807) is 35.4 Å². The van der Waals surface area contributed by atoms with Gasteiger partial charge >= 0.3 is 0 Å². The first kappa shape index (κ1) is 25.2. The summed E-state index contributed by atoms with van der Waals surface area (Å²) in [6.07, 6.45) is 8.20. The summed E-state index contributed by atoms with van der Waals surface area (Å²) < 4.78 is 13.7. The van der Waals surface area contributed by atoms with Gasteiger partial charge in [-0.3, -0.25) is 10.2 Å². The van der Waals surface area contributed by atoms with Gasteiger partial charge in [-0.25, -0.2) is 14.4 Å². The number of nitrogens with one attached hydrogen (secondary N) is 2. The largest absolute Gasteiger partial charge is 0.380 e. The summed E-state index contributed by atoms with van der Waals surface area (Å²) in [6.45, 7) is 3.20. The first-order valence-corrected chi connectivity index (χ1v) is 13.5. The first-order valence-electron chi connectivity index (χ1n) is 13.5. The minimum Gasteiger partial charge on any atom is -0.380 e. The minimum absolute atomic E-state index is 0.00426. The zero-order chi connectivity index (χ0) is 27.0. The Morgan fingerprint density at radius 1 is 1.13 bits per heavy atom. The highest BCUT2D eigenvalue weighted by atomic mass is 19.1. The predicted molar refractivity (Wildman–Crippen MR) is 147 cm³/mol. The maximum Gasteiger partial charge on any atom is 0.254 e. The minimum atomic E-state index is -1.12. The number of likely N-dealkylation sites (tertiary alicyclic amines) is 1. The number of carbonyl (C=O) groups excluding carboxylic acids is 1. The molecule has 1 aliphatic carbocycles. The van der Waals surface area contributed by atoms with Gasteiger partial charge in [0.05, 0.1) is 23.6 Å². The van der Waals surface area contributed by atoms with Crippen LogP contribution >= 0.6 is 0 Å². The molecule has 9 nitrogen and oxygen atoms in total. The number of hydrogen-bond donors (Lipinski definition) is 3. The van der Waals surface area contributed by atoms with Crippen LogP contribution in [0.2, 0.25) is 0 Å². The Labute approximate surface area is 226 Å². The summed E-state index contributed by atoms with van der Waals surface area (Å²) >= 11 is 0. The second kappa shape index (κ2) is 10.3. The van der Waals surface area contributed by atoms with Crippen molar-refractivity contribution in [3.8, 4) is 11.4 Å². The third-order valence-corrected chi connectivity index (χ3v) is 7.81. The van der Waals surface area contributed by atoms with Gasteiger partial charge in [0, 0.05) is 32.7 Å². The van der Waals surface area contributed by atoms with Crippen molar-refractivity contribution in [2.45, 2.75) is 37.3 Å². The van der Waals surface area contributed by atoms with Crippen molar-refractivity contribution in [1.82, 2.24) is 24.8 Å². The number of benzene rings is 1. The van der Waals surface area contributed by atoms with Crippen LogP contribution in [0.1, 0.15) is 43.1 Å². The summed E-state index contributed by atoms with van der Waals surface area (Å²) in [5, 5.41) is 18.7. The molecule has 0 radical (unpaired) electrons. The number of amides is 1. The number of piperazine rings is 1. The molecule has 0 bridgehead atoms. The van der Waals surface area contributed by atoms with Crippen LogP contribution in [0.3, 0.4) is 0 Å². The van der Waals surface area contributed by atoms with Crippen molar-refractivity contribution < 1.29 is 14.3 Å². The van der Waals surface area contributed by atoms with E-state index in [-0.39, 0.29) is 17.8 Å². The van der Waals surface area contributed by atoms with Gasteiger partial charge in [0.1, 0.15) is 28.9 Å². The van der Waals surface area contributed by atoms with Crippen LogP contribution in [-0.4, -0.2) is 79.9 Å². The molecule has 2 saturated heterocycles. The molecule has 3 aromatic rings. The van der Waals surface area contributed by atoms with Crippen LogP contribution in [0.4, 0.5) is 10.2 Å². The molecule has 4 heterocycles. The number of aromatic amines is 1. The lowest BCUT2D eigenvalue weighted by atomic mass is 10.0. The average molecular weight is 530 g/mol. The van der Waals surface area contributed by atoms with Crippen molar-refractivity contribution in [3.63, 3.8) is 0 Å². The predicted octanol–water partition coefficient (Wildman–Crippen LogP) is 3.61. The molecular weight excluding hydrogens is 497 g/mol. The number of halogens is 1. The highest BCUT2D eigenvalue weighted by molar-refractivity contribution is 5.94. The van der Waals surface area contributed by atoms with Gasteiger partial charge in [-0.05, 0) is 67.7 Å². The van der Waals surface area contributed by atoms with E-state index in [9.17, 15) is 14.3 Å². The Morgan fingerprint density at radius 2 is 1.92 bits per heavy atom. The van der Waals surface area contributed by atoms with E-state index in [1.807, 2.05) is 29.2 Å². The monoisotopic (exact) mass is 529 g/mol. The van der Waals surface area contributed by atoms with Crippen LogP contribution in [0.15, 0.2) is 54.7 Å². The van der Waals surface area contributed by atoms with Gasteiger partial charge in [-0.1, -0.05) is 18.2 Å². The van der Waals surface area contributed by atoms with Crippen LogP contribution in [0.5, 0.6) is 0 Å². The summed E-state index contributed by atoms with van der Waals surface area (Å²) in [6, 6.07) is 12.5. The topological polar surface area (TPSA) is 112 Å². The van der Waals surface area contributed by atoms with Gasteiger partial charge < -0.3 is 24.8 Å². The second-order valence-electron chi connectivity index (χ2n) is 10.5. The van der Waals surface area contributed by atoms with Crippen molar-refractivity contribution in [2.75, 3.05) is 37.6 Å². The van der Waals surface area contributed by atoms with Gasteiger partial charge in [0.15, 0.2) is 0 Å². The van der Waals surface area contributed by atoms with Crippen molar-refractivity contribution in [2.24, 2.45) is 0 Å². The number of amidine groups is 1. The normalized spacial score (nSPS) is 20.6. The van der Waals surface area contributed by atoms with Gasteiger partial charge in [0.2, 0.25) is 0 Å². The molecule has 2 aliphatic heterocycles. The molecule has 0 spiro atoms. The van der Waals surface area contributed by atoms with Crippen molar-refractivity contribution >= 4 is 23.6 Å². The highest BCUT2D eigenvalue weighted by Crippen LogP contribution is 2.37. The summed E-state index contributed by atoms with van der Waals surface area (Å²) in [5.41, 5.74) is 1.30. The Hall–Kier alpha value is -4.05. The van der Waals surface area contributed by atoms with Gasteiger partial charge in [-0.2, -0.15) is 0 Å². The molecule has 1 aromatic carbocycles. The number of pyridine rings is 1.